The molecule has 0 aromatic heterocycles. The van der Waals surface area contributed by atoms with Gasteiger partial charge in [0.1, 0.15) is 5.37 Å². The lowest BCUT2D eigenvalue weighted by Crippen LogP contribution is -2.50. The zero-order chi connectivity index (χ0) is 15.5. The van der Waals surface area contributed by atoms with E-state index >= 15 is 0 Å². The van der Waals surface area contributed by atoms with E-state index in [9.17, 15) is 13.2 Å². The highest BCUT2D eigenvalue weighted by Gasteiger charge is 2.36. The molecule has 1 aromatic carbocycles. The smallest absolute Gasteiger partial charge is 0.257 e. The molecule has 1 aliphatic rings. The van der Waals surface area contributed by atoms with Crippen molar-refractivity contribution in [1.82, 2.24) is 4.90 Å². The zero-order valence-electron chi connectivity index (χ0n) is 11.8. The number of nitrogen functional groups attached to an aromatic ring is 1. The Morgan fingerprint density at radius 3 is 2.86 bits per heavy atom. The van der Waals surface area contributed by atoms with Crippen LogP contribution in [0, 0.1) is 0 Å². The van der Waals surface area contributed by atoms with E-state index in [2.05, 4.69) is 5.43 Å². The Morgan fingerprint density at radius 1 is 1.48 bits per heavy atom. The molecule has 0 radical (unpaired) electrons. The normalized spacial score (nSPS) is 19.3. The monoisotopic (exact) mass is 329 g/mol. The van der Waals surface area contributed by atoms with E-state index in [-0.39, 0.29) is 11.7 Å². The predicted octanol–water partition coefficient (Wildman–Crippen LogP) is 0.922. The number of nitrogens with zero attached hydrogens (tertiary/aromatic N) is 1. The fourth-order valence-electron chi connectivity index (χ4n) is 2.25. The summed E-state index contributed by atoms with van der Waals surface area (Å²) in [5.74, 6) is 6.30. The van der Waals surface area contributed by atoms with Crippen molar-refractivity contribution in [2.45, 2.75) is 12.3 Å². The van der Waals surface area contributed by atoms with Crippen molar-refractivity contribution in [2.24, 2.45) is 5.84 Å². The number of hydrogen-bond donors (Lipinski definition) is 2. The van der Waals surface area contributed by atoms with Crippen LogP contribution in [-0.2, 0) is 9.84 Å². The van der Waals surface area contributed by atoms with Gasteiger partial charge in [0.15, 0.2) is 9.84 Å². The van der Waals surface area contributed by atoms with Crippen LogP contribution in [0.4, 0.5) is 5.69 Å². The SMILES string of the molecule is CCS(=O)(=O)C1CSCCN1C(=O)c1ccccc1NN. The summed E-state index contributed by atoms with van der Waals surface area (Å²) in [6, 6.07) is 6.83. The lowest BCUT2D eigenvalue weighted by molar-refractivity contribution is 0.0750. The van der Waals surface area contributed by atoms with Crippen molar-refractivity contribution in [1.29, 1.82) is 0 Å². The van der Waals surface area contributed by atoms with Crippen molar-refractivity contribution in [3.63, 3.8) is 0 Å². The van der Waals surface area contributed by atoms with Crippen molar-refractivity contribution in [3.8, 4) is 0 Å². The van der Waals surface area contributed by atoms with Crippen LogP contribution < -0.4 is 11.3 Å². The minimum absolute atomic E-state index is 0.0266. The molecule has 1 saturated heterocycles. The van der Waals surface area contributed by atoms with Crippen LogP contribution in [0.25, 0.3) is 0 Å². The number of hydrogen-bond acceptors (Lipinski definition) is 6. The average Bonchev–Trinajstić information content (AvgIpc) is 2.54. The van der Waals surface area contributed by atoms with Crippen LogP contribution in [0.3, 0.4) is 0 Å². The second-order valence-electron chi connectivity index (χ2n) is 4.67. The highest BCUT2D eigenvalue weighted by Crippen LogP contribution is 2.25. The van der Waals surface area contributed by atoms with Gasteiger partial charge in [0.2, 0.25) is 0 Å². The molecule has 21 heavy (non-hydrogen) atoms. The van der Waals surface area contributed by atoms with Gasteiger partial charge in [-0.3, -0.25) is 10.6 Å². The van der Waals surface area contributed by atoms with E-state index in [1.165, 1.54) is 4.90 Å². The topological polar surface area (TPSA) is 92.5 Å². The molecular formula is C13H19N3O3S2. The molecule has 1 heterocycles. The molecule has 2 rings (SSSR count). The van der Waals surface area contributed by atoms with Gasteiger partial charge in [-0.25, -0.2) is 8.42 Å². The van der Waals surface area contributed by atoms with Gasteiger partial charge in [0, 0.05) is 23.8 Å². The Labute approximate surface area is 129 Å². The molecule has 6 nitrogen and oxygen atoms in total. The minimum Gasteiger partial charge on any atom is -0.323 e. The number of para-hydroxylation sites is 1. The summed E-state index contributed by atoms with van der Waals surface area (Å²) in [5, 5.41) is -0.764. The number of carbonyl (C=O) groups excluding carboxylic acids is 1. The average molecular weight is 329 g/mol. The molecule has 1 aromatic rings. The summed E-state index contributed by atoms with van der Waals surface area (Å²) < 4.78 is 24.4. The molecule has 1 amide bonds. The summed E-state index contributed by atoms with van der Waals surface area (Å²) in [4.78, 5) is 14.2. The minimum atomic E-state index is -3.31. The first-order valence-electron chi connectivity index (χ1n) is 6.67. The standard InChI is InChI=1S/C13H19N3O3S2/c1-2-21(18,19)12-9-20-8-7-16(12)13(17)10-5-3-4-6-11(10)15-14/h3-6,12,15H,2,7-9,14H2,1H3. The zero-order valence-corrected chi connectivity index (χ0v) is 13.4. The Balaban J connectivity index is 2.35. The molecule has 1 fully saturated rings. The first-order chi connectivity index (χ1) is 10.0. The Hall–Kier alpha value is -1.25. The third-order valence-electron chi connectivity index (χ3n) is 3.48. The fourth-order valence-corrected chi connectivity index (χ4v) is 5.22. The second kappa shape index (κ2) is 6.67. The Kier molecular flexibility index (Phi) is 5.13. The number of sulfone groups is 1. The van der Waals surface area contributed by atoms with Gasteiger partial charge >= 0.3 is 0 Å². The second-order valence-corrected chi connectivity index (χ2v) is 8.27. The van der Waals surface area contributed by atoms with Crippen LogP contribution in [0.1, 0.15) is 17.3 Å². The van der Waals surface area contributed by atoms with E-state index in [0.29, 0.717) is 23.5 Å². The van der Waals surface area contributed by atoms with E-state index in [1.54, 1.807) is 43.0 Å². The maximum Gasteiger partial charge on any atom is 0.257 e. The number of nitrogens with one attached hydrogen (secondary N) is 1. The Morgan fingerprint density at radius 2 is 2.19 bits per heavy atom. The number of carbonyl (C=O) groups is 1. The largest absolute Gasteiger partial charge is 0.323 e. The van der Waals surface area contributed by atoms with Crippen molar-refractivity contribution >= 4 is 33.2 Å². The van der Waals surface area contributed by atoms with Crippen molar-refractivity contribution < 1.29 is 13.2 Å². The fraction of sp³-hybridized carbons (Fsp3) is 0.462. The Bertz CT molecular complexity index is 619. The van der Waals surface area contributed by atoms with Crippen LogP contribution in [0.15, 0.2) is 24.3 Å². The van der Waals surface area contributed by atoms with E-state index in [1.807, 2.05) is 0 Å². The molecule has 0 bridgehead atoms. The van der Waals surface area contributed by atoms with Gasteiger partial charge < -0.3 is 10.3 Å². The lowest BCUT2D eigenvalue weighted by Gasteiger charge is -2.35. The van der Waals surface area contributed by atoms with Gasteiger partial charge in [-0.2, -0.15) is 11.8 Å². The molecular weight excluding hydrogens is 310 g/mol. The highest BCUT2D eigenvalue weighted by molar-refractivity contribution is 8.01. The predicted molar refractivity (Wildman–Crippen MR) is 85.9 cm³/mol. The third-order valence-corrected chi connectivity index (χ3v) is 6.76. The van der Waals surface area contributed by atoms with Crippen molar-refractivity contribution in [3.05, 3.63) is 29.8 Å². The van der Waals surface area contributed by atoms with Gasteiger partial charge in [0.05, 0.1) is 11.3 Å². The summed E-state index contributed by atoms with van der Waals surface area (Å²) >= 11 is 1.56. The summed E-state index contributed by atoms with van der Waals surface area (Å²) in [7, 11) is -3.31. The van der Waals surface area contributed by atoms with Crippen LogP contribution in [0.2, 0.25) is 0 Å². The van der Waals surface area contributed by atoms with Gasteiger partial charge in [-0.1, -0.05) is 19.1 Å². The molecule has 1 atom stereocenters. The van der Waals surface area contributed by atoms with Crippen LogP contribution in [0.5, 0.6) is 0 Å². The maximum absolute atomic E-state index is 12.7. The molecule has 8 heteroatoms. The summed E-state index contributed by atoms with van der Waals surface area (Å²) in [6.07, 6.45) is 0. The maximum atomic E-state index is 12.7. The molecule has 116 valence electrons. The van der Waals surface area contributed by atoms with E-state index in [0.717, 1.165) is 5.75 Å². The third kappa shape index (κ3) is 3.33. The number of anilines is 1. The van der Waals surface area contributed by atoms with E-state index < -0.39 is 15.2 Å². The number of nitrogens with two attached hydrogens (primary N) is 1. The molecule has 0 saturated carbocycles. The quantitative estimate of drug-likeness (QED) is 0.630. The van der Waals surface area contributed by atoms with Crippen LogP contribution in [-0.4, -0.2) is 48.4 Å². The number of benzene rings is 1. The first-order valence-corrected chi connectivity index (χ1v) is 9.54. The summed E-state index contributed by atoms with van der Waals surface area (Å²) in [5.41, 5.74) is 3.37. The summed E-state index contributed by atoms with van der Waals surface area (Å²) in [6.45, 7) is 2.03. The molecule has 3 N–H and O–H groups in total. The number of hydrazine groups is 1. The lowest BCUT2D eigenvalue weighted by atomic mass is 10.1. The van der Waals surface area contributed by atoms with Crippen LogP contribution >= 0.6 is 11.8 Å². The number of rotatable bonds is 4. The van der Waals surface area contributed by atoms with E-state index in [4.69, 9.17) is 5.84 Å². The van der Waals surface area contributed by atoms with Gasteiger partial charge in [-0.15, -0.1) is 0 Å². The molecule has 1 unspecified atom stereocenters. The van der Waals surface area contributed by atoms with Gasteiger partial charge in [0.25, 0.3) is 5.91 Å². The first kappa shape index (κ1) is 16.1. The molecule has 0 spiro atoms. The highest BCUT2D eigenvalue weighted by atomic mass is 32.2. The molecule has 0 aliphatic carbocycles. The number of thioether (sulfide) groups is 1. The van der Waals surface area contributed by atoms with Crippen molar-refractivity contribution in [2.75, 3.05) is 29.2 Å². The number of amides is 1. The molecule has 1 aliphatic heterocycles. The van der Waals surface area contributed by atoms with Gasteiger partial charge in [-0.05, 0) is 12.1 Å².